The summed E-state index contributed by atoms with van der Waals surface area (Å²) in [6, 6.07) is 5.06. The summed E-state index contributed by atoms with van der Waals surface area (Å²) >= 11 is 56.0. The van der Waals surface area contributed by atoms with Crippen LogP contribution in [0.1, 0.15) is 79.1 Å². The van der Waals surface area contributed by atoms with Gasteiger partial charge in [0.25, 0.3) is 0 Å². The van der Waals surface area contributed by atoms with Crippen LogP contribution in [0.15, 0.2) is 0 Å². The molecule has 0 saturated carbocycles. The van der Waals surface area contributed by atoms with Gasteiger partial charge in [-0.15, -0.1) is 81.7 Å². The second-order valence-electron chi connectivity index (χ2n) is 9.04. The van der Waals surface area contributed by atoms with Crippen molar-refractivity contribution in [2.24, 2.45) is 0 Å². The molecule has 1 nitrogen and oxygen atoms in total. The van der Waals surface area contributed by atoms with Gasteiger partial charge in [0.1, 0.15) is 0 Å². The molecule has 0 aliphatic heterocycles. The van der Waals surface area contributed by atoms with Gasteiger partial charge in [-0.2, -0.15) is 46.4 Å². The minimum Gasteiger partial charge on any atom is -0.324 e. The van der Waals surface area contributed by atoms with Gasteiger partial charge < -0.3 is 4.48 Å². The van der Waals surface area contributed by atoms with E-state index in [0.717, 1.165) is 0 Å². The Bertz CT molecular complexity index is 853. The van der Waals surface area contributed by atoms with Crippen molar-refractivity contribution in [1.29, 1.82) is 0 Å². The molecule has 0 aromatic heterocycles. The normalized spacial score (nSPS) is 10.8. The Morgan fingerprint density at radius 2 is 0.600 bits per heavy atom. The summed E-state index contributed by atoms with van der Waals surface area (Å²) < 4.78 is 1.42. The van der Waals surface area contributed by atoms with Gasteiger partial charge in [0.05, 0.1) is 26.2 Å². The largest absolute Gasteiger partial charge is 1.00 e. The van der Waals surface area contributed by atoms with E-state index in [1.807, 2.05) is 0 Å². The summed E-state index contributed by atoms with van der Waals surface area (Å²) in [7, 11) is 0. The molecule has 0 spiro atoms. The molecule has 40 heavy (non-hydrogen) atoms. The first-order valence-electron chi connectivity index (χ1n) is 13.0. The van der Waals surface area contributed by atoms with Crippen molar-refractivity contribution >= 4 is 116 Å². The zero-order chi connectivity index (χ0) is 30.2. The number of rotatable bonds is 12. The fourth-order valence-electron chi connectivity index (χ4n) is 3.64. The summed E-state index contributed by atoms with van der Waals surface area (Å²) in [5.74, 6) is 0. The smallest absolute Gasteiger partial charge is 0.324 e. The number of hydrogen-bond donors (Lipinski definition) is 0. The minimum absolute atomic E-state index is 0. The zero-order valence-electron chi connectivity index (χ0n) is 23.0. The molecule has 2 rings (SSSR count). The van der Waals surface area contributed by atoms with Crippen LogP contribution in [0.5, 0.6) is 0 Å². The van der Waals surface area contributed by atoms with E-state index in [1.165, 1.54) is 82.0 Å². The van der Waals surface area contributed by atoms with Gasteiger partial charge >= 0.3 is 22.4 Å². The second-order valence-corrected chi connectivity index (χ2v) is 12.8. The predicted molar refractivity (Wildman–Crippen MR) is 180 cm³/mol. The van der Waals surface area contributed by atoms with Gasteiger partial charge in [0.15, 0.2) is 0 Å². The maximum absolute atomic E-state index is 5.64. The first-order chi connectivity index (χ1) is 18.3. The molecule has 0 fully saturated rings. The Morgan fingerprint density at radius 1 is 0.400 bits per heavy atom. The summed E-state index contributed by atoms with van der Waals surface area (Å²) in [5.41, 5.74) is 0. The van der Waals surface area contributed by atoms with E-state index >= 15 is 0 Å². The molecule has 2 aromatic rings. The number of quaternary nitrogens is 1. The van der Waals surface area contributed by atoms with Crippen LogP contribution in [-0.4, -0.2) is 30.7 Å². The SMILES string of the molecule is CCCC[N+](CCCC)(CCCC)CCCC.Clc1[c-]c(Cl)c(Cl)c(Cl)c1Cl.Clc1[c-]c(Cl)c(Cl)c(Cl)c1Cl.[Au+]. The molecular weight excluding hydrogens is 902 g/mol. The van der Waals surface area contributed by atoms with Crippen molar-refractivity contribution in [3.8, 4) is 0 Å². The Labute approximate surface area is 307 Å². The van der Waals surface area contributed by atoms with Crippen LogP contribution in [0, 0.1) is 12.1 Å². The van der Waals surface area contributed by atoms with Crippen molar-refractivity contribution in [1.82, 2.24) is 0 Å². The van der Waals surface area contributed by atoms with Crippen LogP contribution in [-0.2, 0) is 22.4 Å². The van der Waals surface area contributed by atoms with Crippen molar-refractivity contribution in [2.75, 3.05) is 26.2 Å². The van der Waals surface area contributed by atoms with E-state index in [0.29, 0.717) is 0 Å². The van der Waals surface area contributed by atoms with Crippen LogP contribution >= 0.6 is 116 Å². The molecule has 234 valence electrons. The van der Waals surface area contributed by atoms with E-state index in [2.05, 4.69) is 39.8 Å². The second kappa shape index (κ2) is 24.3. The van der Waals surface area contributed by atoms with Crippen LogP contribution in [0.25, 0.3) is 0 Å². The first kappa shape index (κ1) is 44.2. The molecule has 0 aliphatic rings. The van der Waals surface area contributed by atoms with Crippen LogP contribution < -0.4 is 0 Å². The van der Waals surface area contributed by atoms with E-state index in [-0.39, 0.29) is 72.6 Å². The van der Waals surface area contributed by atoms with E-state index in [4.69, 9.17) is 116 Å². The van der Waals surface area contributed by atoms with Crippen LogP contribution in [0.2, 0.25) is 50.2 Å². The first-order valence-corrected chi connectivity index (χ1v) is 16.8. The Hall–Kier alpha value is 2.04. The third-order valence-corrected chi connectivity index (χ3v) is 10.1. The summed E-state index contributed by atoms with van der Waals surface area (Å²) in [6.45, 7) is 15.0. The van der Waals surface area contributed by atoms with Crippen LogP contribution in [0.3, 0.4) is 0 Å². The minimum atomic E-state index is 0. The molecule has 0 unspecified atom stereocenters. The molecule has 0 radical (unpaired) electrons. The van der Waals surface area contributed by atoms with Gasteiger partial charge in [0.2, 0.25) is 0 Å². The molecular formula is C28H36AuCl10N. The molecule has 12 heteroatoms. The van der Waals surface area contributed by atoms with Gasteiger partial charge in [-0.05, 0) is 55.8 Å². The Kier molecular flexibility index (Phi) is 26.8. The number of hydrogen-bond acceptors (Lipinski definition) is 0. The zero-order valence-corrected chi connectivity index (χ0v) is 32.7. The molecule has 0 N–H and O–H groups in total. The van der Waals surface area contributed by atoms with Crippen molar-refractivity contribution in [3.63, 3.8) is 0 Å². The standard InChI is InChI=1S/C16H36N.2C6Cl5.Au/c1-5-9-13-17(14-10-6-2,15-11-7-3)16-12-8-4;2*7-2-1-3(8)5(10)6(11)4(2)9;/h5-16H2,1-4H3;;;/q+1;2*-1;+1. The summed E-state index contributed by atoms with van der Waals surface area (Å²) in [6.07, 6.45) is 11.1. The number of nitrogens with zero attached hydrogens (tertiary/aromatic N) is 1. The summed E-state index contributed by atoms with van der Waals surface area (Å²) in [4.78, 5) is 0. The van der Waals surface area contributed by atoms with E-state index in [9.17, 15) is 0 Å². The van der Waals surface area contributed by atoms with Gasteiger partial charge in [-0.3, -0.25) is 0 Å². The monoisotopic (exact) mass is 933 g/mol. The predicted octanol–water partition coefficient (Wildman–Crippen LogP) is 14.5. The Morgan fingerprint density at radius 3 is 0.775 bits per heavy atom. The topological polar surface area (TPSA) is 0 Å². The molecule has 0 saturated heterocycles. The molecule has 0 bridgehead atoms. The molecule has 0 heterocycles. The van der Waals surface area contributed by atoms with E-state index < -0.39 is 0 Å². The maximum atomic E-state index is 5.64. The molecule has 2 aromatic carbocycles. The fourth-order valence-corrected chi connectivity index (χ4v) is 5.72. The third-order valence-electron chi connectivity index (χ3n) is 5.92. The molecule has 0 aliphatic carbocycles. The molecule has 0 atom stereocenters. The number of benzene rings is 2. The van der Waals surface area contributed by atoms with Crippen molar-refractivity contribution in [3.05, 3.63) is 62.4 Å². The Balaban J connectivity index is 0. The van der Waals surface area contributed by atoms with Crippen molar-refractivity contribution in [2.45, 2.75) is 79.1 Å². The van der Waals surface area contributed by atoms with Gasteiger partial charge in [0, 0.05) is 0 Å². The number of halogens is 10. The third kappa shape index (κ3) is 15.9. The fraction of sp³-hybridized carbons (Fsp3) is 0.571. The van der Waals surface area contributed by atoms with Gasteiger partial charge in [-0.25, -0.2) is 0 Å². The number of unbranched alkanes of at least 4 members (excludes halogenated alkanes) is 4. The van der Waals surface area contributed by atoms with Gasteiger partial charge in [-0.1, -0.05) is 73.5 Å². The van der Waals surface area contributed by atoms with Crippen LogP contribution in [0.4, 0.5) is 0 Å². The maximum Gasteiger partial charge on any atom is 1.00 e. The molecule has 0 amide bonds. The van der Waals surface area contributed by atoms with Crippen molar-refractivity contribution < 1.29 is 26.9 Å². The quantitative estimate of drug-likeness (QED) is 0.0654. The van der Waals surface area contributed by atoms with E-state index in [1.54, 1.807) is 0 Å². The average molecular weight is 938 g/mol. The average Bonchev–Trinajstić information content (AvgIpc) is 2.92. The summed E-state index contributed by atoms with van der Waals surface area (Å²) in [5, 5.41) is 1.68.